The SMILES string of the molecule is CCc1c(-c2ccc(C)cc2)nn(-c2ccc(C)cc2)c1O. The lowest BCUT2D eigenvalue weighted by Crippen LogP contribution is -1.96. The highest BCUT2D eigenvalue weighted by Crippen LogP contribution is 2.32. The molecule has 0 spiro atoms. The van der Waals surface area contributed by atoms with Crippen molar-refractivity contribution in [3.63, 3.8) is 0 Å². The maximum absolute atomic E-state index is 10.5. The smallest absolute Gasteiger partial charge is 0.218 e. The second-order valence-corrected chi connectivity index (χ2v) is 5.62. The Kier molecular flexibility index (Phi) is 3.72. The third-order valence-corrected chi connectivity index (χ3v) is 3.91. The van der Waals surface area contributed by atoms with Crippen LogP contribution in [0.4, 0.5) is 0 Å². The largest absolute Gasteiger partial charge is 0.493 e. The van der Waals surface area contributed by atoms with E-state index >= 15 is 0 Å². The van der Waals surface area contributed by atoms with E-state index in [0.29, 0.717) is 0 Å². The van der Waals surface area contributed by atoms with E-state index in [-0.39, 0.29) is 5.88 Å². The van der Waals surface area contributed by atoms with Crippen molar-refractivity contribution in [1.82, 2.24) is 9.78 Å². The molecule has 1 aromatic heterocycles. The summed E-state index contributed by atoms with van der Waals surface area (Å²) in [6, 6.07) is 16.2. The molecule has 0 saturated carbocycles. The van der Waals surface area contributed by atoms with Crippen molar-refractivity contribution in [1.29, 1.82) is 0 Å². The molecular weight excluding hydrogens is 272 g/mol. The Hall–Kier alpha value is -2.55. The van der Waals surface area contributed by atoms with Crippen LogP contribution in [-0.4, -0.2) is 14.9 Å². The molecule has 3 aromatic rings. The molecule has 0 atom stereocenters. The summed E-state index contributed by atoms with van der Waals surface area (Å²) in [6.45, 7) is 6.14. The normalized spacial score (nSPS) is 10.9. The molecule has 1 N–H and O–H groups in total. The molecule has 22 heavy (non-hydrogen) atoms. The van der Waals surface area contributed by atoms with Crippen molar-refractivity contribution in [2.75, 3.05) is 0 Å². The monoisotopic (exact) mass is 292 g/mol. The zero-order valence-electron chi connectivity index (χ0n) is 13.2. The van der Waals surface area contributed by atoms with Crippen molar-refractivity contribution in [2.24, 2.45) is 0 Å². The van der Waals surface area contributed by atoms with E-state index in [4.69, 9.17) is 0 Å². The van der Waals surface area contributed by atoms with Crippen molar-refractivity contribution < 1.29 is 5.11 Å². The first-order valence-electron chi connectivity index (χ1n) is 7.55. The van der Waals surface area contributed by atoms with Crippen LogP contribution in [-0.2, 0) is 6.42 Å². The van der Waals surface area contributed by atoms with Crippen LogP contribution in [0.5, 0.6) is 5.88 Å². The molecule has 2 aromatic carbocycles. The van der Waals surface area contributed by atoms with Crippen LogP contribution >= 0.6 is 0 Å². The lowest BCUT2D eigenvalue weighted by atomic mass is 10.0. The van der Waals surface area contributed by atoms with Gasteiger partial charge in [-0.2, -0.15) is 5.10 Å². The Morgan fingerprint density at radius 3 is 2.00 bits per heavy atom. The third-order valence-electron chi connectivity index (χ3n) is 3.91. The minimum absolute atomic E-state index is 0.224. The number of aromatic hydroxyl groups is 1. The molecule has 3 heteroatoms. The number of hydrogen-bond donors (Lipinski definition) is 1. The Morgan fingerprint density at radius 2 is 1.45 bits per heavy atom. The number of aromatic nitrogens is 2. The Labute approximate surface area is 130 Å². The van der Waals surface area contributed by atoms with Crippen molar-refractivity contribution in [3.05, 3.63) is 65.2 Å². The highest BCUT2D eigenvalue weighted by molar-refractivity contribution is 5.66. The summed E-state index contributed by atoms with van der Waals surface area (Å²) in [7, 11) is 0. The average molecular weight is 292 g/mol. The molecule has 0 aliphatic carbocycles. The van der Waals surface area contributed by atoms with E-state index in [9.17, 15) is 5.11 Å². The molecule has 0 unspecified atom stereocenters. The molecular formula is C19H20N2O. The Bertz CT molecular complexity index is 784. The zero-order valence-corrected chi connectivity index (χ0v) is 13.2. The van der Waals surface area contributed by atoms with E-state index in [1.165, 1.54) is 11.1 Å². The van der Waals surface area contributed by atoms with Gasteiger partial charge in [0.15, 0.2) is 0 Å². The molecule has 0 saturated heterocycles. The van der Waals surface area contributed by atoms with Gasteiger partial charge in [-0.05, 0) is 32.4 Å². The second-order valence-electron chi connectivity index (χ2n) is 5.62. The maximum atomic E-state index is 10.5. The molecule has 0 aliphatic heterocycles. The van der Waals surface area contributed by atoms with E-state index < -0.39 is 0 Å². The third kappa shape index (κ3) is 2.50. The van der Waals surface area contributed by atoms with E-state index in [1.807, 2.05) is 38.1 Å². The quantitative estimate of drug-likeness (QED) is 0.775. The highest BCUT2D eigenvalue weighted by atomic mass is 16.3. The van der Waals surface area contributed by atoms with Gasteiger partial charge in [0.05, 0.1) is 11.4 Å². The molecule has 3 nitrogen and oxygen atoms in total. The van der Waals surface area contributed by atoms with Crippen LogP contribution in [0.15, 0.2) is 48.5 Å². The fraction of sp³-hybridized carbons (Fsp3) is 0.211. The van der Waals surface area contributed by atoms with Gasteiger partial charge in [0, 0.05) is 11.1 Å². The van der Waals surface area contributed by atoms with E-state index in [1.54, 1.807) is 4.68 Å². The lowest BCUT2D eigenvalue weighted by Gasteiger charge is -2.03. The number of rotatable bonds is 3. The van der Waals surface area contributed by atoms with Crippen LogP contribution in [0.1, 0.15) is 23.6 Å². The van der Waals surface area contributed by atoms with Gasteiger partial charge in [-0.1, -0.05) is 54.4 Å². The zero-order chi connectivity index (χ0) is 15.7. The van der Waals surface area contributed by atoms with Crippen molar-refractivity contribution in [3.8, 4) is 22.8 Å². The standard InChI is InChI=1S/C19H20N2O/c1-4-17-18(15-9-5-13(2)6-10-15)20-21(19(17)22)16-11-7-14(3)8-12-16/h5-12,22H,4H2,1-3H3. The summed E-state index contributed by atoms with van der Waals surface area (Å²) < 4.78 is 1.62. The fourth-order valence-electron chi connectivity index (χ4n) is 2.58. The number of aryl methyl sites for hydroxylation is 2. The van der Waals surface area contributed by atoms with Gasteiger partial charge in [0.25, 0.3) is 0 Å². The topological polar surface area (TPSA) is 38.0 Å². The van der Waals surface area contributed by atoms with Gasteiger partial charge in [-0.25, -0.2) is 4.68 Å². The summed E-state index contributed by atoms with van der Waals surface area (Å²) in [5.41, 5.74) is 6.03. The van der Waals surface area contributed by atoms with Gasteiger partial charge in [0.2, 0.25) is 5.88 Å². The molecule has 0 bridgehead atoms. The first-order chi connectivity index (χ1) is 10.6. The minimum atomic E-state index is 0.224. The minimum Gasteiger partial charge on any atom is -0.493 e. The summed E-state index contributed by atoms with van der Waals surface area (Å²) in [4.78, 5) is 0. The maximum Gasteiger partial charge on any atom is 0.218 e. The predicted molar refractivity (Wildman–Crippen MR) is 89.5 cm³/mol. The molecule has 0 fully saturated rings. The van der Waals surface area contributed by atoms with Crippen LogP contribution < -0.4 is 0 Å². The Morgan fingerprint density at radius 1 is 0.909 bits per heavy atom. The summed E-state index contributed by atoms with van der Waals surface area (Å²) in [5.74, 6) is 0.224. The highest BCUT2D eigenvalue weighted by Gasteiger charge is 2.18. The average Bonchev–Trinajstić information content (AvgIpc) is 2.85. The first kappa shape index (κ1) is 14.4. The molecule has 0 radical (unpaired) electrons. The predicted octanol–water partition coefficient (Wildman–Crippen LogP) is 4.42. The second kappa shape index (κ2) is 5.68. The van der Waals surface area contributed by atoms with Crippen molar-refractivity contribution in [2.45, 2.75) is 27.2 Å². The molecule has 3 rings (SSSR count). The van der Waals surface area contributed by atoms with Gasteiger partial charge in [-0.15, -0.1) is 0 Å². The number of hydrogen-bond acceptors (Lipinski definition) is 2. The first-order valence-corrected chi connectivity index (χ1v) is 7.55. The van der Waals surface area contributed by atoms with Crippen molar-refractivity contribution >= 4 is 0 Å². The van der Waals surface area contributed by atoms with Crippen LogP contribution in [0.3, 0.4) is 0 Å². The van der Waals surface area contributed by atoms with E-state index in [0.717, 1.165) is 28.9 Å². The summed E-state index contributed by atoms with van der Waals surface area (Å²) in [6.07, 6.45) is 0.737. The van der Waals surface area contributed by atoms with Gasteiger partial charge in [-0.3, -0.25) is 0 Å². The number of benzene rings is 2. The Balaban J connectivity index is 2.14. The van der Waals surface area contributed by atoms with Crippen LogP contribution in [0.25, 0.3) is 16.9 Å². The lowest BCUT2D eigenvalue weighted by molar-refractivity contribution is 0.428. The summed E-state index contributed by atoms with van der Waals surface area (Å²) >= 11 is 0. The molecule has 0 amide bonds. The van der Waals surface area contributed by atoms with Crippen LogP contribution in [0, 0.1) is 13.8 Å². The van der Waals surface area contributed by atoms with Gasteiger partial charge in [0.1, 0.15) is 0 Å². The molecule has 0 aliphatic rings. The molecule has 1 heterocycles. The van der Waals surface area contributed by atoms with E-state index in [2.05, 4.69) is 36.3 Å². The van der Waals surface area contributed by atoms with Gasteiger partial charge < -0.3 is 5.11 Å². The van der Waals surface area contributed by atoms with Crippen LogP contribution in [0.2, 0.25) is 0 Å². The summed E-state index contributed by atoms with van der Waals surface area (Å²) in [5, 5.41) is 15.2. The number of nitrogens with zero attached hydrogens (tertiary/aromatic N) is 2. The van der Waals surface area contributed by atoms with Gasteiger partial charge >= 0.3 is 0 Å². The fourth-order valence-corrected chi connectivity index (χ4v) is 2.58. The molecule has 112 valence electrons.